The molecule has 108 valence electrons. The Hall–Kier alpha value is -0.800. The minimum atomic E-state index is 0.277. The predicted octanol–water partition coefficient (Wildman–Crippen LogP) is 4.03. The van der Waals surface area contributed by atoms with E-state index in [-0.39, 0.29) is 5.41 Å². The van der Waals surface area contributed by atoms with E-state index < -0.39 is 0 Å². The van der Waals surface area contributed by atoms with E-state index in [1.165, 1.54) is 0 Å². The van der Waals surface area contributed by atoms with Crippen LogP contribution in [-0.4, -0.2) is 30.0 Å². The molecule has 0 spiro atoms. The quantitative estimate of drug-likeness (QED) is 0.854. The lowest BCUT2D eigenvalue weighted by Gasteiger charge is -2.26. The maximum Gasteiger partial charge on any atom is 0.126 e. The van der Waals surface area contributed by atoms with Crippen LogP contribution in [0.15, 0.2) is 12.1 Å². The summed E-state index contributed by atoms with van der Waals surface area (Å²) in [5, 5.41) is 4.03. The maximum atomic E-state index is 6.23. The number of nitrogens with zero attached hydrogens (tertiary/aromatic N) is 2. The van der Waals surface area contributed by atoms with Crippen LogP contribution in [0.1, 0.15) is 39.8 Å². The Balaban J connectivity index is 2.70. The highest BCUT2D eigenvalue weighted by atomic mass is 35.5. The van der Waals surface area contributed by atoms with E-state index in [9.17, 15) is 0 Å². The summed E-state index contributed by atoms with van der Waals surface area (Å²) >= 11 is 6.23. The van der Waals surface area contributed by atoms with Crippen molar-refractivity contribution in [2.45, 2.75) is 40.7 Å². The zero-order valence-electron chi connectivity index (χ0n) is 12.8. The zero-order valence-corrected chi connectivity index (χ0v) is 13.5. The molecule has 0 atom stereocenters. The van der Waals surface area contributed by atoms with Gasteiger partial charge < -0.3 is 5.32 Å². The van der Waals surface area contributed by atoms with Crippen LogP contribution in [-0.2, 0) is 6.54 Å². The lowest BCUT2D eigenvalue weighted by atomic mass is 9.96. The van der Waals surface area contributed by atoms with Crippen LogP contribution in [0, 0.1) is 5.41 Å². The highest BCUT2D eigenvalue weighted by molar-refractivity contribution is 6.31. The second-order valence-electron chi connectivity index (χ2n) is 6.28. The van der Waals surface area contributed by atoms with Crippen molar-refractivity contribution in [2.24, 2.45) is 5.41 Å². The zero-order chi connectivity index (χ0) is 14.5. The molecule has 1 rings (SSSR count). The van der Waals surface area contributed by atoms with Crippen molar-refractivity contribution in [2.75, 3.05) is 25.5 Å². The number of anilines is 1. The van der Waals surface area contributed by atoms with Crippen molar-refractivity contribution in [3.8, 4) is 0 Å². The Morgan fingerprint density at radius 2 is 2.00 bits per heavy atom. The molecule has 4 heteroatoms. The Morgan fingerprint density at radius 1 is 1.32 bits per heavy atom. The first-order chi connectivity index (χ1) is 8.81. The van der Waals surface area contributed by atoms with Gasteiger partial charge in [0, 0.05) is 19.6 Å². The molecule has 1 aromatic rings. The van der Waals surface area contributed by atoms with Gasteiger partial charge in [-0.25, -0.2) is 4.98 Å². The number of rotatable bonds is 6. The monoisotopic (exact) mass is 283 g/mol. The lowest BCUT2D eigenvalue weighted by Crippen LogP contribution is -2.29. The maximum absolute atomic E-state index is 6.23. The second-order valence-corrected chi connectivity index (χ2v) is 6.69. The van der Waals surface area contributed by atoms with Gasteiger partial charge in [-0.3, -0.25) is 4.90 Å². The van der Waals surface area contributed by atoms with Gasteiger partial charge in [0.15, 0.2) is 0 Å². The molecule has 0 saturated carbocycles. The summed E-state index contributed by atoms with van der Waals surface area (Å²) in [4.78, 5) is 6.86. The number of pyridine rings is 1. The van der Waals surface area contributed by atoms with Gasteiger partial charge >= 0.3 is 0 Å². The largest absolute Gasteiger partial charge is 0.370 e. The summed E-state index contributed by atoms with van der Waals surface area (Å²) in [6.07, 6.45) is 1.09. The molecule has 0 fully saturated rings. The van der Waals surface area contributed by atoms with E-state index in [1.54, 1.807) is 0 Å². The number of aromatic nitrogens is 1. The highest BCUT2D eigenvalue weighted by Crippen LogP contribution is 2.20. The lowest BCUT2D eigenvalue weighted by molar-refractivity contribution is 0.219. The van der Waals surface area contributed by atoms with Gasteiger partial charge in [0.2, 0.25) is 0 Å². The van der Waals surface area contributed by atoms with E-state index >= 15 is 0 Å². The third-order valence-electron chi connectivity index (χ3n) is 2.64. The van der Waals surface area contributed by atoms with Gasteiger partial charge in [-0.1, -0.05) is 39.3 Å². The minimum absolute atomic E-state index is 0.277. The topological polar surface area (TPSA) is 28.2 Å². The molecule has 0 bridgehead atoms. The third-order valence-corrected chi connectivity index (χ3v) is 2.98. The molecule has 1 aromatic heterocycles. The van der Waals surface area contributed by atoms with Crippen LogP contribution < -0.4 is 5.32 Å². The molecule has 0 aliphatic carbocycles. The summed E-state index contributed by atoms with van der Waals surface area (Å²) in [6.45, 7) is 11.6. The minimum Gasteiger partial charge on any atom is -0.370 e. The first-order valence-electron chi connectivity index (χ1n) is 6.89. The van der Waals surface area contributed by atoms with Gasteiger partial charge in [-0.05, 0) is 31.0 Å². The van der Waals surface area contributed by atoms with Crippen LogP contribution in [0.5, 0.6) is 0 Å². The van der Waals surface area contributed by atoms with Gasteiger partial charge in [-0.2, -0.15) is 0 Å². The van der Waals surface area contributed by atoms with Crippen molar-refractivity contribution in [1.82, 2.24) is 9.88 Å². The molecule has 0 aliphatic heterocycles. The van der Waals surface area contributed by atoms with E-state index in [1.807, 2.05) is 12.1 Å². The number of hydrogen-bond acceptors (Lipinski definition) is 3. The standard InChI is InChI=1S/C15H26ClN3/c1-6-9-17-14-8-7-12(16)13(18-14)10-19(5)11-15(2,3)4/h7-8H,6,9-11H2,1-5H3,(H,17,18). The Kier molecular flexibility index (Phi) is 6.08. The molecule has 0 aromatic carbocycles. The Morgan fingerprint density at radius 3 is 2.58 bits per heavy atom. The van der Waals surface area contributed by atoms with Crippen molar-refractivity contribution in [3.63, 3.8) is 0 Å². The van der Waals surface area contributed by atoms with Crippen LogP contribution in [0.4, 0.5) is 5.82 Å². The molecule has 0 saturated heterocycles. The predicted molar refractivity (Wildman–Crippen MR) is 83.8 cm³/mol. The molecule has 0 amide bonds. The first kappa shape index (κ1) is 16.3. The van der Waals surface area contributed by atoms with E-state index in [2.05, 4.69) is 49.9 Å². The molecule has 0 radical (unpaired) electrons. The number of hydrogen-bond donors (Lipinski definition) is 1. The summed E-state index contributed by atoms with van der Waals surface area (Å²) < 4.78 is 0. The van der Waals surface area contributed by atoms with Crippen LogP contribution in [0.2, 0.25) is 5.02 Å². The van der Waals surface area contributed by atoms with E-state index in [0.29, 0.717) is 0 Å². The third kappa shape index (κ3) is 6.26. The van der Waals surface area contributed by atoms with Crippen LogP contribution in [0.3, 0.4) is 0 Å². The summed E-state index contributed by atoms with van der Waals surface area (Å²) in [5.41, 5.74) is 1.22. The van der Waals surface area contributed by atoms with Crippen molar-refractivity contribution < 1.29 is 0 Å². The smallest absolute Gasteiger partial charge is 0.126 e. The SMILES string of the molecule is CCCNc1ccc(Cl)c(CN(C)CC(C)(C)C)n1. The van der Waals surface area contributed by atoms with Crippen molar-refractivity contribution in [1.29, 1.82) is 0 Å². The van der Waals surface area contributed by atoms with E-state index in [0.717, 1.165) is 42.6 Å². The average Bonchev–Trinajstić information content (AvgIpc) is 2.27. The van der Waals surface area contributed by atoms with Gasteiger partial charge in [0.05, 0.1) is 10.7 Å². The fourth-order valence-corrected chi connectivity index (χ4v) is 2.23. The first-order valence-corrected chi connectivity index (χ1v) is 7.27. The van der Waals surface area contributed by atoms with Crippen LogP contribution >= 0.6 is 11.6 Å². The van der Waals surface area contributed by atoms with Gasteiger partial charge in [-0.15, -0.1) is 0 Å². The molecular formula is C15H26ClN3. The molecule has 0 unspecified atom stereocenters. The van der Waals surface area contributed by atoms with E-state index in [4.69, 9.17) is 11.6 Å². The molecular weight excluding hydrogens is 258 g/mol. The second kappa shape index (κ2) is 7.11. The fourth-order valence-electron chi connectivity index (χ4n) is 2.07. The summed E-state index contributed by atoms with van der Waals surface area (Å²) in [7, 11) is 2.11. The van der Waals surface area contributed by atoms with Crippen molar-refractivity contribution >= 4 is 17.4 Å². The molecule has 19 heavy (non-hydrogen) atoms. The van der Waals surface area contributed by atoms with Gasteiger partial charge in [0.1, 0.15) is 5.82 Å². The Labute approximate surface area is 122 Å². The van der Waals surface area contributed by atoms with Crippen LogP contribution in [0.25, 0.3) is 0 Å². The highest BCUT2D eigenvalue weighted by Gasteiger charge is 2.15. The molecule has 1 heterocycles. The Bertz CT molecular complexity index is 399. The number of nitrogens with one attached hydrogen (secondary N) is 1. The molecule has 0 aliphatic rings. The summed E-state index contributed by atoms with van der Waals surface area (Å²) in [5.74, 6) is 0.908. The van der Waals surface area contributed by atoms with Gasteiger partial charge in [0.25, 0.3) is 0 Å². The summed E-state index contributed by atoms with van der Waals surface area (Å²) in [6, 6.07) is 3.86. The van der Waals surface area contributed by atoms with Crippen molar-refractivity contribution in [3.05, 3.63) is 22.8 Å². The molecule has 3 nitrogen and oxygen atoms in total. The normalized spacial score (nSPS) is 11.9. The molecule has 1 N–H and O–H groups in total. The average molecular weight is 284 g/mol. The fraction of sp³-hybridized carbons (Fsp3) is 0.667. The number of halogens is 1.